The molecule has 3 aromatic carbocycles. The van der Waals surface area contributed by atoms with Gasteiger partial charge in [0.2, 0.25) is 5.91 Å². The molecule has 6 nitrogen and oxygen atoms in total. The Bertz CT molecular complexity index is 1400. The van der Waals surface area contributed by atoms with E-state index in [0.29, 0.717) is 19.8 Å². The summed E-state index contributed by atoms with van der Waals surface area (Å²) in [6.45, 7) is 9.37. The molecule has 0 aliphatic rings. The highest BCUT2D eigenvalue weighted by Gasteiger charge is 2.19. The van der Waals surface area contributed by atoms with Gasteiger partial charge in [-0.3, -0.25) is 4.79 Å². The number of ether oxygens (including phenoxy) is 3. The Hall–Kier alpha value is -4.19. The molecular weight excluding hydrogens is 466 g/mol. The molecule has 0 saturated heterocycles. The highest BCUT2D eigenvalue weighted by atomic mass is 16.5. The summed E-state index contributed by atoms with van der Waals surface area (Å²) in [5.74, 6) is 2.16. The Labute approximate surface area is 217 Å². The largest absolute Gasteiger partial charge is 0.497 e. The van der Waals surface area contributed by atoms with Gasteiger partial charge in [0.25, 0.3) is 0 Å². The molecule has 0 fully saturated rings. The zero-order valence-corrected chi connectivity index (χ0v) is 22.0. The smallest absolute Gasteiger partial charge is 0.244 e. The topological polar surface area (TPSA) is 69.9 Å². The fraction of sp³-hybridized carbons (Fsp3) is 0.258. The number of carbonyl (C=O) groups excluding carboxylic acids is 1. The van der Waals surface area contributed by atoms with Crippen LogP contribution in [0.5, 0.6) is 17.2 Å². The quantitative estimate of drug-likeness (QED) is 0.240. The average molecular weight is 500 g/mol. The number of carbonyl (C=O) groups is 1. The van der Waals surface area contributed by atoms with Crippen molar-refractivity contribution in [2.75, 3.05) is 20.3 Å². The number of furan rings is 1. The third-order valence-electron chi connectivity index (χ3n) is 6.21. The van der Waals surface area contributed by atoms with Gasteiger partial charge in [-0.15, -0.1) is 0 Å². The average Bonchev–Trinajstić information content (AvgIpc) is 3.34. The van der Waals surface area contributed by atoms with Crippen LogP contribution in [-0.4, -0.2) is 26.2 Å². The van der Waals surface area contributed by atoms with Crippen molar-refractivity contribution >= 4 is 22.4 Å². The van der Waals surface area contributed by atoms with E-state index in [-0.39, 0.29) is 5.91 Å². The minimum Gasteiger partial charge on any atom is -0.497 e. The molecule has 0 radical (unpaired) electrons. The molecule has 0 atom stereocenters. The summed E-state index contributed by atoms with van der Waals surface area (Å²) in [6.07, 6.45) is 3.39. The fourth-order valence-electron chi connectivity index (χ4n) is 4.32. The second-order valence-electron chi connectivity index (χ2n) is 8.69. The number of fused-ring (bicyclic) bond motifs is 1. The monoisotopic (exact) mass is 499 g/mol. The lowest BCUT2D eigenvalue weighted by Crippen LogP contribution is -2.20. The highest BCUT2D eigenvalue weighted by molar-refractivity contribution is 6.01. The van der Waals surface area contributed by atoms with Gasteiger partial charge < -0.3 is 23.9 Å². The van der Waals surface area contributed by atoms with Crippen LogP contribution in [0.15, 0.2) is 71.4 Å². The van der Waals surface area contributed by atoms with Crippen molar-refractivity contribution in [1.82, 2.24) is 5.32 Å². The van der Waals surface area contributed by atoms with E-state index < -0.39 is 0 Å². The van der Waals surface area contributed by atoms with Gasteiger partial charge in [-0.1, -0.05) is 24.3 Å². The van der Waals surface area contributed by atoms with Crippen molar-refractivity contribution in [3.8, 4) is 28.4 Å². The number of rotatable bonds is 10. The maximum Gasteiger partial charge on any atom is 0.244 e. The molecule has 1 aromatic heterocycles. The van der Waals surface area contributed by atoms with Crippen LogP contribution in [-0.2, 0) is 11.3 Å². The first-order valence-electron chi connectivity index (χ1n) is 12.4. The number of hydrogen-bond donors (Lipinski definition) is 1. The summed E-state index contributed by atoms with van der Waals surface area (Å²) in [5, 5.41) is 3.93. The van der Waals surface area contributed by atoms with Gasteiger partial charge in [-0.2, -0.15) is 0 Å². The van der Waals surface area contributed by atoms with Gasteiger partial charge in [0.1, 0.15) is 22.8 Å². The van der Waals surface area contributed by atoms with Crippen LogP contribution in [0, 0.1) is 6.92 Å². The number of nitrogens with one attached hydrogen (secondary N) is 1. The van der Waals surface area contributed by atoms with Gasteiger partial charge in [0.15, 0.2) is 0 Å². The van der Waals surface area contributed by atoms with E-state index in [1.165, 1.54) is 0 Å². The molecule has 37 heavy (non-hydrogen) atoms. The molecule has 1 heterocycles. The van der Waals surface area contributed by atoms with Crippen molar-refractivity contribution in [3.05, 3.63) is 83.6 Å². The molecule has 6 heteroatoms. The molecular formula is C31H33NO5. The summed E-state index contributed by atoms with van der Waals surface area (Å²) >= 11 is 0. The predicted octanol–water partition coefficient (Wildman–Crippen LogP) is 6.93. The lowest BCUT2D eigenvalue weighted by Gasteiger charge is -2.15. The minimum atomic E-state index is -0.174. The molecule has 192 valence electrons. The van der Waals surface area contributed by atoms with E-state index in [1.54, 1.807) is 19.4 Å². The van der Waals surface area contributed by atoms with Gasteiger partial charge in [-0.25, -0.2) is 0 Å². The summed E-state index contributed by atoms with van der Waals surface area (Å²) in [4.78, 5) is 12.8. The van der Waals surface area contributed by atoms with Crippen molar-refractivity contribution in [1.29, 1.82) is 0 Å². The van der Waals surface area contributed by atoms with Crippen LogP contribution in [0.2, 0.25) is 0 Å². The van der Waals surface area contributed by atoms with Gasteiger partial charge >= 0.3 is 0 Å². The lowest BCUT2D eigenvalue weighted by molar-refractivity contribution is -0.116. The zero-order valence-electron chi connectivity index (χ0n) is 22.0. The predicted molar refractivity (Wildman–Crippen MR) is 147 cm³/mol. The van der Waals surface area contributed by atoms with Crippen molar-refractivity contribution < 1.29 is 23.4 Å². The van der Waals surface area contributed by atoms with Gasteiger partial charge in [-0.05, 0) is 74.7 Å². The van der Waals surface area contributed by atoms with E-state index in [1.807, 2.05) is 82.3 Å². The van der Waals surface area contributed by atoms with E-state index in [9.17, 15) is 4.79 Å². The molecule has 1 amide bonds. The summed E-state index contributed by atoms with van der Waals surface area (Å²) in [5.41, 5.74) is 6.33. The fourth-order valence-corrected chi connectivity index (χ4v) is 4.32. The van der Waals surface area contributed by atoms with Crippen molar-refractivity contribution in [2.24, 2.45) is 0 Å². The van der Waals surface area contributed by atoms with E-state index in [2.05, 4.69) is 5.32 Å². The second-order valence-corrected chi connectivity index (χ2v) is 8.69. The SMILES string of the molecule is CCOc1ccc(-c2coc3c(C)c(OCC)c(/C(C)=C/C(=O)NCc4ccc(OC)cc4)cc23)cc1. The Balaban J connectivity index is 1.65. The Morgan fingerprint density at radius 2 is 1.65 bits per heavy atom. The maximum absolute atomic E-state index is 12.8. The molecule has 0 unspecified atom stereocenters. The van der Waals surface area contributed by atoms with Crippen LogP contribution in [0.3, 0.4) is 0 Å². The van der Waals surface area contributed by atoms with Crippen LogP contribution in [0.4, 0.5) is 0 Å². The molecule has 0 spiro atoms. The molecule has 0 saturated carbocycles. The zero-order chi connectivity index (χ0) is 26.4. The Morgan fingerprint density at radius 1 is 0.973 bits per heavy atom. The van der Waals surface area contributed by atoms with Crippen molar-refractivity contribution in [2.45, 2.75) is 34.2 Å². The molecule has 0 bridgehead atoms. The summed E-state index contributed by atoms with van der Waals surface area (Å²) < 4.78 is 22.8. The standard InChI is InChI=1S/C31H33NO5/c1-6-35-25-14-10-23(11-15-25)28-19-37-31-21(4)30(36-7-2)26(17-27(28)31)20(3)16-29(33)32-18-22-8-12-24(34-5)13-9-22/h8-17,19H,6-7,18H2,1-5H3,(H,32,33)/b20-16+. The number of amides is 1. The van der Waals surface area contributed by atoms with E-state index in [0.717, 1.165) is 61.6 Å². The van der Waals surface area contributed by atoms with E-state index in [4.69, 9.17) is 18.6 Å². The van der Waals surface area contributed by atoms with Crippen LogP contribution >= 0.6 is 0 Å². The van der Waals surface area contributed by atoms with E-state index >= 15 is 0 Å². The molecule has 0 aliphatic carbocycles. The first-order chi connectivity index (χ1) is 17.9. The minimum absolute atomic E-state index is 0.174. The second kappa shape index (κ2) is 11.7. The van der Waals surface area contributed by atoms with Crippen molar-refractivity contribution in [3.63, 3.8) is 0 Å². The highest BCUT2D eigenvalue weighted by Crippen LogP contribution is 2.41. The molecule has 0 aliphatic heterocycles. The number of aryl methyl sites for hydroxylation is 1. The molecule has 4 rings (SSSR count). The third-order valence-corrected chi connectivity index (χ3v) is 6.21. The van der Waals surface area contributed by atoms with Crippen LogP contribution < -0.4 is 19.5 Å². The third kappa shape index (κ3) is 5.80. The number of allylic oxidation sites excluding steroid dienone is 1. The first-order valence-corrected chi connectivity index (χ1v) is 12.4. The summed E-state index contributed by atoms with van der Waals surface area (Å²) in [6, 6.07) is 17.6. The lowest BCUT2D eigenvalue weighted by atomic mass is 9.96. The first kappa shape index (κ1) is 25.9. The molecule has 4 aromatic rings. The number of benzene rings is 3. The van der Waals surface area contributed by atoms with Crippen LogP contribution in [0.1, 0.15) is 37.5 Å². The maximum atomic E-state index is 12.8. The Morgan fingerprint density at radius 3 is 2.30 bits per heavy atom. The van der Waals surface area contributed by atoms with Gasteiger partial charge in [0, 0.05) is 34.7 Å². The van der Waals surface area contributed by atoms with Crippen LogP contribution in [0.25, 0.3) is 27.7 Å². The number of methoxy groups -OCH3 is 1. The normalized spacial score (nSPS) is 11.4. The Kier molecular flexibility index (Phi) is 8.18. The summed E-state index contributed by atoms with van der Waals surface area (Å²) in [7, 11) is 1.63. The molecule has 1 N–H and O–H groups in total. The number of hydrogen-bond acceptors (Lipinski definition) is 5. The van der Waals surface area contributed by atoms with Gasteiger partial charge in [0.05, 0.1) is 26.6 Å².